The summed E-state index contributed by atoms with van der Waals surface area (Å²) in [4.78, 5) is 14.7. The highest BCUT2D eigenvalue weighted by molar-refractivity contribution is 5.75. The molecule has 0 aliphatic carbocycles. The minimum absolute atomic E-state index is 0.00889. The van der Waals surface area contributed by atoms with Crippen molar-refractivity contribution in [3.8, 4) is 5.75 Å². The summed E-state index contributed by atoms with van der Waals surface area (Å²) < 4.78 is 10.4. The van der Waals surface area contributed by atoms with Gasteiger partial charge in [-0.3, -0.25) is 0 Å². The average Bonchev–Trinajstić information content (AvgIpc) is 2.68. The zero-order chi connectivity index (χ0) is 18.4. The highest BCUT2D eigenvalue weighted by Crippen LogP contribution is 2.34. The summed E-state index contributed by atoms with van der Waals surface area (Å²) in [5.74, 6) is 0.861. The van der Waals surface area contributed by atoms with Gasteiger partial charge in [0.1, 0.15) is 5.75 Å². The van der Waals surface area contributed by atoms with Crippen molar-refractivity contribution in [1.82, 2.24) is 10.2 Å². The molecule has 1 aliphatic rings. The summed E-state index contributed by atoms with van der Waals surface area (Å²) in [6, 6.07) is 16.4. The first kappa shape index (κ1) is 18.3. The quantitative estimate of drug-likeness (QED) is 0.811. The van der Waals surface area contributed by atoms with Crippen LogP contribution in [0.15, 0.2) is 48.5 Å². The van der Waals surface area contributed by atoms with E-state index in [0.29, 0.717) is 19.7 Å². The van der Waals surface area contributed by atoms with Crippen molar-refractivity contribution in [2.75, 3.05) is 33.9 Å². The molecule has 0 radical (unpaired) electrons. The van der Waals surface area contributed by atoms with Gasteiger partial charge in [-0.05, 0) is 41.7 Å². The summed E-state index contributed by atoms with van der Waals surface area (Å²) in [6.07, 6.45) is 1.62. The van der Waals surface area contributed by atoms with Crippen molar-refractivity contribution in [3.05, 3.63) is 65.2 Å². The standard InChI is InChI=1S/C21H26N2O3/c1-25-13-11-22-21(24)23-12-10-17-15-18(26-2)8-9-19(17)20(23)14-16-6-4-3-5-7-16/h3-9,15,20H,10-14H2,1-2H3,(H,22,24). The number of hydrogen-bond donors (Lipinski definition) is 1. The molecule has 0 bridgehead atoms. The molecule has 2 aromatic carbocycles. The Morgan fingerprint density at radius 1 is 1.19 bits per heavy atom. The van der Waals surface area contributed by atoms with Crippen LogP contribution in [0, 0.1) is 0 Å². The summed E-state index contributed by atoms with van der Waals surface area (Å²) in [6.45, 7) is 1.71. The number of nitrogens with zero attached hydrogens (tertiary/aromatic N) is 1. The molecule has 1 atom stereocenters. The van der Waals surface area contributed by atoms with Crippen molar-refractivity contribution in [2.24, 2.45) is 0 Å². The molecule has 1 aliphatic heterocycles. The maximum atomic E-state index is 12.7. The number of nitrogens with one attached hydrogen (secondary N) is 1. The molecule has 0 saturated carbocycles. The van der Waals surface area contributed by atoms with Crippen LogP contribution < -0.4 is 10.1 Å². The number of methoxy groups -OCH3 is 2. The van der Waals surface area contributed by atoms with Gasteiger partial charge in [0.15, 0.2) is 0 Å². The fourth-order valence-electron chi connectivity index (χ4n) is 3.48. The van der Waals surface area contributed by atoms with Gasteiger partial charge in [0, 0.05) is 20.2 Å². The third-order valence-electron chi connectivity index (χ3n) is 4.82. The van der Waals surface area contributed by atoms with Crippen LogP contribution in [0.25, 0.3) is 0 Å². The number of carbonyl (C=O) groups excluding carboxylic acids is 1. The van der Waals surface area contributed by atoms with E-state index in [1.807, 2.05) is 29.2 Å². The number of rotatable bonds is 6. The molecule has 0 aromatic heterocycles. The van der Waals surface area contributed by atoms with Crippen molar-refractivity contribution in [3.63, 3.8) is 0 Å². The van der Waals surface area contributed by atoms with Crippen molar-refractivity contribution in [2.45, 2.75) is 18.9 Å². The van der Waals surface area contributed by atoms with Crippen LogP contribution in [0.3, 0.4) is 0 Å². The molecule has 1 N–H and O–H groups in total. The lowest BCUT2D eigenvalue weighted by Crippen LogP contribution is -2.47. The monoisotopic (exact) mass is 354 g/mol. The second-order valence-corrected chi connectivity index (χ2v) is 6.44. The molecule has 2 amide bonds. The van der Waals surface area contributed by atoms with Gasteiger partial charge < -0.3 is 19.7 Å². The van der Waals surface area contributed by atoms with Crippen LogP contribution >= 0.6 is 0 Å². The number of ether oxygens (including phenoxy) is 2. The maximum Gasteiger partial charge on any atom is 0.318 e. The van der Waals surface area contributed by atoms with E-state index in [0.717, 1.165) is 18.6 Å². The molecule has 26 heavy (non-hydrogen) atoms. The van der Waals surface area contributed by atoms with E-state index in [1.54, 1.807) is 14.2 Å². The van der Waals surface area contributed by atoms with E-state index in [9.17, 15) is 4.79 Å². The fourth-order valence-corrected chi connectivity index (χ4v) is 3.48. The van der Waals surface area contributed by atoms with E-state index < -0.39 is 0 Å². The van der Waals surface area contributed by atoms with Crippen LogP contribution in [0.2, 0.25) is 0 Å². The first-order valence-corrected chi connectivity index (χ1v) is 8.97. The Bertz CT molecular complexity index is 733. The first-order valence-electron chi connectivity index (χ1n) is 8.97. The lowest BCUT2D eigenvalue weighted by atomic mass is 9.88. The Hall–Kier alpha value is -2.53. The molecule has 138 valence electrons. The normalized spacial score (nSPS) is 16.1. The predicted molar refractivity (Wildman–Crippen MR) is 102 cm³/mol. The summed E-state index contributed by atoms with van der Waals surface area (Å²) in [5.41, 5.74) is 3.67. The highest BCUT2D eigenvalue weighted by atomic mass is 16.5. The van der Waals surface area contributed by atoms with E-state index in [2.05, 4.69) is 29.6 Å². The maximum absolute atomic E-state index is 12.7. The van der Waals surface area contributed by atoms with Crippen LogP contribution in [0.4, 0.5) is 4.79 Å². The average molecular weight is 354 g/mol. The van der Waals surface area contributed by atoms with Gasteiger partial charge in [-0.1, -0.05) is 36.4 Å². The van der Waals surface area contributed by atoms with Gasteiger partial charge in [-0.25, -0.2) is 4.79 Å². The molecule has 2 aromatic rings. The van der Waals surface area contributed by atoms with Gasteiger partial charge in [0.05, 0.1) is 19.8 Å². The van der Waals surface area contributed by atoms with E-state index in [1.165, 1.54) is 16.7 Å². The SMILES string of the molecule is COCCNC(=O)N1CCc2cc(OC)ccc2C1Cc1ccccc1. The van der Waals surface area contributed by atoms with Gasteiger partial charge in [0.25, 0.3) is 0 Å². The minimum atomic E-state index is -0.0375. The lowest BCUT2D eigenvalue weighted by Gasteiger charge is -2.37. The zero-order valence-electron chi connectivity index (χ0n) is 15.4. The van der Waals surface area contributed by atoms with Gasteiger partial charge in [-0.2, -0.15) is 0 Å². The van der Waals surface area contributed by atoms with Gasteiger partial charge >= 0.3 is 6.03 Å². The first-order chi connectivity index (χ1) is 12.7. The second-order valence-electron chi connectivity index (χ2n) is 6.44. The summed E-state index contributed by atoms with van der Waals surface area (Å²) in [7, 11) is 3.32. The fraction of sp³-hybridized carbons (Fsp3) is 0.381. The Morgan fingerprint density at radius 2 is 2.00 bits per heavy atom. The molecule has 0 saturated heterocycles. The molecular weight excluding hydrogens is 328 g/mol. The smallest absolute Gasteiger partial charge is 0.318 e. The van der Waals surface area contributed by atoms with Crippen LogP contribution in [-0.2, 0) is 17.6 Å². The number of fused-ring (bicyclic) bond motifs is 1. The van der Waals surface area contributed by atoms with Gasteiger partial charge in [0.2, 0.25) is 0 Å². The van der Waals surface area contributed by atoms with E-state index in [4.69, 9.17) is 9.47 Å². The summed E-state index contributed by atoms with van der Waals surface area (Å²) in [5, 5.41) is 2.96. The number of amides is 2. The lowest BCUT2D eigenvalue weighted by molar-refractivity contribution is 0.159. The van der Waals surface area contributed by atoms with E-state index in [-0.39, 0.29) is 12.1 Å². The molecule has 0 fully saturated rings. The van der Waals surface area contributed by atoms with Crippen LogP contribution in [-0.4, -0.2) is 44.8 Å². The predicted octanol–water partition coefficient (Wildman–Crippen LogP) is 3.19. The molecule has 1 unspecified atom stereocenters. The van der Waals surface area contributed by atoms with E-state index >= 15 is 0 Å². The molecule has 5 heteroatoms. The van der Waals surface area contributed by atoms with Crippen molar-refractivity contribution >= 4 is 6.03 Å². The topological polar surface area (TPSA) is 50.8 Å². The minimum Gasteiger partial charge on any atom is -0.497 e. The Labute approximate surface area is 154 Å². The van der Waals surface area contributed by atoms with Crippen molar-refractivity contribution in [1.29, 1.82) is 0 Å². The number of benzene rings is 2. The molecule has 3 rings (SSSR count). The third kappa shape index (κ3) is 4.17. The molecular formula is C21H26N2O3. The summed E-state index contributed by atoms with van der Waals surface area (Å²) >= 11 is 0. The van der Waals surface area contributed by atoms with Crippen LogP contribution in [0.1, 0.15) is 22.7 Å². The number of urea groups is 1. The van der Waals surface area contributed by atoms with Crippen LogP contribution in [0.5, 0.6) is 5.75 Å². The second kappa shape index (κ2) is 8.72. The zero-order valence-corrected chi connectivity index (χ0v) is 15.4. The Balaban J connectivity index is 1.87. The largest absolute Gasteiger partial charge is 0.497 e. The van der Waals surface area contributed by atoms with Crippen molar-refractivity contribution < 1.29 is 14.3 Å². The van der Waals surface area contributed by atoms with Gasteiger partial charge in [-0.15, -0.1) is 0 Å². The molecule has 5 nitrogen and oxygen atoms in total. The Morgan fingerprint density at radius 3 is 2.73 bits per heavy atom. The highest BCUT2D eigenvalue weighted by Gasteiger charge is 2.31. The Kier molecular flexibility index (Phi) is 6.12. The third-order valence-corrected chi connectivity index (χ3v) is 4.82. The molecule has 0 spiro atoms. The number of carbonyl (C=O) groups is 1. The number of hydrogen-bond acceptors (Lipinski definition) is 3. The molecule has 1 heterocycles.